The maximum Gasteiger partial charge on any atom is 0.225 e. The summed E-state index contributed by atoms with van der Waals surface area (Å²) in [4.78, 5) is 11.2. The molecule has 162 valence electrons. The average molecular weight is 397 g/mol. The van der Waals surface area contributed by atoms with E-state index in [4.69, 9.17) is 9.84 Å². The highest BCUT2D eigenvalue weighted by Crippen LogP contribution is 2.46. The van der Waals surface area contributed by atoms with Crippen LogP contribution in [0, 0.1) is 17.8 Å². The Bertz CT molecular complexity index is 515. The van der Waals surface area contributed by atoms with Gasteiger partial charge in [-0.25, -0.2) is 0 Å². The first kappa shape index (κ1) is 23.2. The average Bonchev–Trinajstić information content (AvgIpc) is 3.28. The number of allylic oxidation sites excluding steroid dienone is 1. The summed E-state index contributed by atoms with van der Waals surface area (Å²) in [6.45, 7) is 3.79. The van der Waals surface area contributed by atoms with Gasteiger partial charge in [0, 0.05) is 6.42 Å². The van der Waals surface area contributed by atoms with Gasteiger partial charge in [0.15, 0.2) is 5.76 Å². The Morgan fingerprint density at radius 2 is 1.86 bits per heavy atom. The van der Waals surface area contributed by atoms with Crippen molar-refractivity contribution in [2.75, 3.05) is 6.61 Å². The van der Waals surface area contributed by atoms with Crippen LogP contribution in [0.25, 0.3) is 0 Å². The van der Waals surface area contributed by atoms with Gasteiger partial charge in [-0.2, -0.15) is 0 Å². The minimum absolute atomic E-state index is 0.0879. The van der Waals surface area contributed by atoms with Gasteiger partial charge in [0.2, 0.25) is 5.78 Å². The number of ketones is 1. The number of hydrogen-bond donors (Lipinski definition) is 3. The van der Waals surface area contributed by atoms with Crippen LogP contribution < -0.4 is 0 Å². The molecule has 0 spiro atoms. The highest BCUT2D eigenvalue weighted by molar-refractivity contribution is 5.94. The molecule has 0 aromatic carbocycles. The number of ether oxygens (including phenoxy) is 1. The molecule has 1 saturated heterocycles. The van der Waals surface area contributed by atoms with E-state index in [1.807, 2.05) is 0 Å². The molecule has 0 radical (unpaired) electrons. The second-order valence-corrected chi connectivity index (χ2v) is 8.80. The Balaban J connectivity index is 1.73. The lowest BCUT2D eigenvalue weighted by molar-refractivity contribution is -0.120. The minimum Gasteiger partial charge on any atom is -0.508 e. The smallest absolute Gasteiger partial charge is 0.225 e. The number of carbonyl (C=O) groups excluding carboxylic acids is 1. The third-order valence-electron chi connectivity index (χ3n) is 6.92. The van der Waals surface area contributed by atoms with Crippen LogP contribution in [-0.2, 0) is 9.53 Å². The van der Waals surface area contributed by atoms with Crippen molar-refractivity contribution in [3.63, 3.8) is 0 Å². The van der Waals surface area contributed by atoms with E-state index in [0.29, 0.717) is 18.4 Å². The van der Waals surface area contributed by atoms with E-state index in [1.165, 1.54) is 51.4 Å². The summed E-state index contributed by atoms with van der Waals surface area (Å²) in [6, 6.07) is 0. The normalized spacial score (nSPS) is 28.8. The SMILES string of the molecule is CCCC[C@H](CC)CCC[C@H]1CC[C@@H]2OC(CCC(O)=C(O)C(=O)CO)C[C@H]12. The third-order valence-corrected chi connectivity index (χ3v) is 6.92. The lowest BCUT2D eigenvalue weighted by atomic mass is 9.85. The van der Waals surface area contributed by atoms with Gasteiger partial charge < -0.3 is 20.1 Å². The molecule has 1 aliphatic carbocycles. The molecule has 1 unspecified atom stereocenters. The number of Topliss-reactive ketones (excluding diaryl/α,β-unsaturated/α-hetero) is 1. The number of unbranched alkanes of at least 4 members (excludes halogenated alkanes) is 1. The molecule has 0 aromatic heterocycles. The fraction of sp³-hybridized carbons (Fsp3) is 0.870. The Hall–Kier alpha value is -1.07. The Labute approximate surface area is 170 Å². The van der Waals surface area contributed by atoms with Crippen LogP contribution in [0.2, 0.25) is 0 Å². The van der Waals surface area contributed by atoms with Crippen LogP contribution >= 0.6 is 0 Å². The van der Waals surface area contributed by atoms with Gasteiger partial charge in [0.05, 0.1) is 12.2 Å². The van der Waals surface area contributed by atoms with E-state index in [9.17, 15) is 15.0 Å². The summed E-state index contributed by atoms with van der Waals surface area (Å²) < 4.78 is 6.18. The number of carbonyl (C=O) groups is 1. The van der Waals surface area contributed by atoms with Crippen LogP contribution in [0.15, 0.2) is 11.5 Å². The van der Waals surface area contributed by atoms with Crippen LogP contribution in [-0.4, -0.2) is 39.9 Å². The first-order valence-electron chi connectivity index (χ1n) is 11.4. The molecule has 1 aliphatic heterocycles. The molecule has 0 amide bonds. The second kappa shape index (κ2) is 11.8. The summed E-state index contributed by atoms with van der Waals surface area (Å²) in [5, 5.41) is 28.1. The van der Waals surface area contributed by atoms with Gasteiger partial charge in [-0.1, -0.05) is 58.8 Å². The molecule has 2 fully saturated rings. The summed E-state index contributed by atoms with van der Waals surface area (Å²) in [5.74, 6) is 0.368. The monoisotopic (exact) mass is 396 g/mol. The van der Waals surface area contributed by atoms with E-state index in [0.717, 1.165) is 24.7 Å². The van der Waals surface area contributed by atoms with Crippen molar-refractivity contribution < 1.29 is 24.9 Å². The summed E-state index contributed by atoms with van der Waals surface area (Å²) in [7, 11) is 0. The molecule has 5 nitrogen and oxygen atoms in total. The largest absolute Gasteiger partial charge is 0.508 e. The van der Waals surface area contributed by atoms with E-state index in [2.05, 4.69) is 13.8 Å². The summed E-state index contributed by atoms with van der Waals surface area (Å²) >= 11 is 0. The topological polar surface area (TPSA) is 87.0 Å². The molecule has 5 heteroatoms. The molecule has 2 aliphatic rings. The molecular weight excluding hydrogens is 356 g/mol. The van der Waals surface area contributed by atoms with Gasteiger partial charge in [-0.15, -0.1) is 0 Å². The Kier molecular flexibility index (Phi) is 9.80. The van der Waals surface area contributed by atoms with Crippen LogP contribution in [0.5, 0.6) is 0 Å². The first-order valence-corrected chi connectivity index (χ1v) is 11.4. The van der Waals surface area contributed by atoms with Crippen molar-refractivity contribution in [3.8, 4) is 0 Å². The predicted octanol–water partition coefficient (Wildman–Crippen LogP) is 5.23. The number of aliphatic hydroxyl groups is 3. The fourth-order valence-corrected chi connectivity index (χ4v) is 5.14. The van der Waals surface area contributed by atoms with E-state index in [-0.39, 0.29) is 18.3 Å². The Morgan fingerprint density at radius 1 is 1.11 bits per heavy atom. The molecule has 1 saturated carbocycles. The highest BCUT2D eigenvalue weighted by Gasteiger charge is 2.43. The zero-order valence-electron chi connectivity index (χ0n) is 17.7. The Morgan fingerprint density at radius 3 is 2.54 bits per heavy atom. The molecule has 1 heterocycles. The van der Waals surface area contributed by atoms with Crippen molar-refractivity contribution in [2.24, 2.45) is 17.8 Å². The van der Waals surface area contributed by atoms with Crippen LogP contribution in [0.3, 0.4) is 0 Å². The molecular formula is C23H40O5. The van der Waals surface area contributed by atoms with Gasteiger partial charge in [-0.3, -0.25) is 4.79 Å². The van der Waals surface area contributed by atoms with Crippen LogP contribution in [0.1, 0.15) is 90.9 Å². The fourth-order valence-electron chi connectivity index (χ4n) is 5.14. The molecule has 0 bridgehead atoms. The first-order chi connectivity index (χ1) is 13.5. The van der Waals surface area contributed by atoms with Gasteiger partial charge in [-0.05, 0) is 43.4 Å². The maximum atomic E-state index is 11.2. The maximum absolute atomic E-state index is 11.2. The lowest BCUT2D eigenvalue weighted by Gasteiger charge is -2.19. The van der Waals surface area contributed by atoms with E-state index in [1.54, 1.807) is 0 Å². The van der Waals surface area contributed by atoms with Gasteiger partial charge in [0.25, 0.3) is 0 Å². The standard InChI is InChI=1S/C23H40O5/c1-3-5-7-16(4-2)8-6-9-17-10-13-22-19(17)14-18(28-22)11-12-20(25)23(27)21(26)15-24/h16-19,22,24-25,27H,3-15H2,1-2H3/t16-,17-,18?,19+,22-/m0/s1. The minimum atomic E-state index is -0.842. The number of fused-ring (bicyclic) bond motifs is 1. The van der Waals surface area contributed by atoms with E-state index >= 15 is 0 Å². The second-order valence-electron chi connectivity index (χ2n) is 8.80. The van der Waals surface area contributed by atoms with Crippen LogP contribution in [0.4, 0.5) is 0 Å². The number of rotatable bonds is 13. The molecule has 28 heavy (non-hydrogen) atoms. The zero-order chi connectivity index (χ0) is 20.5. The number of aliphatic hydroxyl groups excluding tert-OH is 3. The molecule has 2 rings (SSSR count). The van der Waals surface area contributed by atoms with E-state index < -0.39 is 18.1 Å². The van der Waals surface area contributed by atoms with Gasteiger partial charge >= 0.3 is 0 Å². The van der Waals surface area contributed by atoms with Crippen molar-refractivity contribution in [2.45, 2.75) is 103 Å². The third kappa shape index (κ3) is 6.48. The van der Waals surface area contributed by atoms with Gasteiger partial charge in [0.1, 0.15) is 12.4 Å². The predicted molar refractivity (Wildman–Crippen MR) is 110 cm³/mol. The zero-order valence-corrected chi connectivity index (χ0v) is 17.7. The van der Waals surface area contributed by atoms with Crippen molar-refractivity contribution in [1.29, 1.82) is 0 Å². The quantitative estimate of drug-likeness (QED) is 0.293. The molecule has 5 atom stereocenters. The number of hydrogen-bond acceptors (Lipinski definition) is 5. The van der Waals surface area contributed by atoms with Crippen molar-refractivity contribution in [1.82, 2.24) is 0 Å². The van der Waals surface area contributed by atoms with Crippen molar-refractivity contribution >= 4 is 5.78 Å². The molecule has 0 aromatic rings. The van der Waals surface area contributed by atoms with Crippen molar-refractivity contribution in [3.05, 3.63) is 11.5 Å². The summed E-state index contributed by atoms with van der Waals surface area (Å²) in [5.41, 5.74) is 0. The highest BCUT2D eigenvalue weighted by atomic mass is 16.5. The summed E-state index contributed by atoms with van der Waals surface area (Å²) in [6.07, 6.45) is 13.9. The molecule has 3 N–H and O–H groups in total. The lowest BCUT2D eigenvalue weighted by Crippen LogP contribution is -2.14.